The monoisotopic (exact) mass is 425 g/mol. The summed E-state index contributed by atoms with van der Waals surface area (Å²) < 4.78 is 5.13. The minimum absolute atomic E-state index is 0.0923. The number of benzene rings is 2. The van der Waals surface area contributed by atoms with Gasteiger partial charge in [-0.25, -0.2) is 0 Å². The van der Waals surface area contributed by atoms with E-state index in [1.807, 2.05) is 45.0 Å². The molecule has 0 fully saturated rings. The molecule has 0 aliphatic carbocycles. The Balaban J connectivity index is 1.87. The van der Waals surface area contributed by atoms with Crippen molar-refractivity contribution in [2.75, 3.05) is 32.1 Å². The normalized spacial score (nSPS) is 10.5. The van der Waals surface area contributed by atoms with Crippen molar-refractivity contribution >= 4 is 23.4 Å². The molecule has 166 valence electrons. The molecular formula is C24H31N3O4. The molecule has 0 spiro atoms. The maximum Gasteiger partial charge on any atom is 0.243 e. The summed E-state index contributed by atoms with van der Waals surface area (Å²) in [6, 6.07) is 14.7. The summed E-state index contributed by atoms with van der Waals surface area (Å²) in [5.74, 6) is 0.0917. The topological polar surface area (TPSA) is 87.7 Å². The van der Waals surface area contributed by atoms with Gasteiger partial charge in [0.2, 0.25) is 17.7 Å². The van der Waals surface area contributed by atoms with Gasteiger partial charge < -0.3 is 20.3 Å². The highest BCUT2D eigenvalue weighted by molar-refractivity contribution is 5.95. The van der Waals surface area contributed by atoms with E-state index in [0.717, 1.165) is 16.9 Å². The summed E-state index contributed by atoms with van der Waals surface area (Å²) in [5, 5.41) is 5.32. The van der Waals surface area contributed by atoms with Crippen LogP contribution in [0.2, 0.25) is 0 Å². The van der Waals surface area contributed by atoms with Crippen LogP contribution in [0.3, 0.4) is 0 Å². The first-order valence-corrected chi connectivity index (χ1v) is 10.3. The second-order valence-corrected chi connectivity index (χ2v) is 7.88. The maximum absolute atomic E-state index is 12.8. The van der Waals surface area contributed by atoms with Gasteiger partial charge >= 0.3 is 0 Å². The van der Waals surface area contributed by atoms with Crippen LogP contribution in [0.1, 0.15) is 25.0 Å². The van der Waals surface area contributed by atoms with E-state index in [2.05, 4.69) is 10.6 Å². The van der Waals surface area contributed by atoms with Gasteiger partial charge in [0.15, 0.2) is 0 Å². The minimum Gasteiger partial charge on any atom is -0.497 e. The number of nitrogens with zero attached hydrogens (tertiary/aromatic N) is 1. The van der Waals surface area contributed by atoms with E-state index in [4.69, 9.17) is 4.74 Å². The number of carbonyl (C=O) groups excluding carboxylic acids is 3. The summed E-state index contributed by atoms with van der Waals surface area (Å²) in [5.41, 5.74) is 2.61. The van der Waals surface area contributed by atoms with Crippen LogP contribution >= 0.6 is 0 Å². The summed E-state index contributed by atoms with van der Waals surface area (Å²) in [7, 11) is 1.59. The molecule has 0 heterocycles. The Hall–Kier alpha value is -3.35. The third-order valence-electron chi connectivity index (χ3n) is 4.57. The Labute approximate surface area is 183 Å². The van der Waals surface area contributed by atoms with E-state index in [1.165, 1.54) is 4.90 Å². The number of aryl methyl sites for hydroxylation is 1. The van der Waals surface area contributed by atoms with Gasteiger partial charge in [-0.15, -0.1) is 0 Å². The van der Waals surface area contributed by atoms with Crippen molar-refractivity contribution in [1.82, 2.24) is 10.2 Å². The van der Waals surface area contributed by atoms with Crippen molar-refractivity contribution in [3.8, 4) is 5.75 Å². The number of methoxy groups -OCH3 is 1. The van der Waals surface area contributed by atoms with Crippen LogP contribution in [0.25, 0.3) is 0 Å². The van der Waals surface area contributed by atoms with E-state index in [-0.39, 0.29) is 43.1 Å². The summed E-state index contributed by atoms with van der Waals surface area (Å²) >= 11 is 0. The molecule has 0 radical (unpaired) electrons. The largest absolute Gasteiger partial charge is 0.497 e. The molecule has 31 heavy (non-hydrogen) atoms. The van der Waals surface area contributed by atoms with Gasteiger partial charge in [0.25, 0.3) is 0 Å². The number of carbonyl (C=O) groups is 3. The molecule has 0 unspecified atom stereocenters. The second-order valence-electron chi connectivity index (χ2n) is 7.88. The third kappa shape index (κ3) is 8.50. The predicted molar refractivity (Wildman–Crippen MR) is 121 cm³/mol. The van der Waals surface area contributed by atoms with Crippen molar-refractivity contribution < 1.29 is 19.1 Å². The Bertz CT molecular complexity index is 877. The highest BCUT2D eigenvalue weighted by Crippen LogP contribution is 2.13. The van der Waals surface area contributed by atoms with E-state index in [0.29, 0.717) is 12.2 Å². The van der Waals surface area contributed by atoms with Crippen LogP contribution in [-0.4, -0.2) is 49.4 Å². The van der Waals surface area contributed by atoms with Crippen molar-refractivity contribution in [2.45, 2.75) is 27.2 Å². The fourth-order valence-corrected chi connectivity index (χ4v) is 2.98. The van der Waals surface area contributed by atoms with Crippen LogP contribution in [0.5, 0.6) is 5.75 Å². The molecule has 7 nitrogen and oxygen atoms in total. The van der Waals surface area contributed by atoms with Crippen molar-refractivity contribution in [3.63, 3.8) is 0 Å². The zero-order chi connectivity index (χ0) is 22.8. The first kappa shape index (κ1) is 23.9. The molecule has 7 heteroatoms. The van der Waals surface area contributed by atoms with E-state index >= 15 is 0 Å². The number of ether oxygens (including phenoxy) is 1. The molecule has 0 atom stereocenters. The van der Waals surface area contributed by atoms with Gasteiger partial charge in [-0.1, -0.05) is 43.7 Å². The molecule has 0 bridgehead atoms. The minimum atomic E-state index is -0.372. The molecule has 2 N–H and O–H groups in total. The van der Waals surface area contributed by atoms with Crippen LogP contribution < -0.4 is 15.4 Å². The van der Waals surface area contributed by atoms with Gasteiger partial charge in [-0.05, 0) is 42.7 Å². The first-order valence-electron chi connectivity index (χ1n) is 10.3. The molecule has 2 aromatic rings. The molecule has 0 saturated carbocycles. The Morgan fingerprint density at radius 2 is 1.61 bits per heavy atom. The molecule has 0 aromatic heterocycles. The molecule has 0 aliphatic heterocycles. The van der Waals surface area contributed by atoms with Gasteiger partial charge in [0, 0.05) is 12.2 Å². The van der Waals surface area contributed by atoms with E-state index in [9.17, 15) is 14.4 Å². The van der Waals surface area contributed by atoms with Gasteiger partial charge in [0.05, 0.1) is 26.6 Å². The molecule has 3 amide bonds. The number of hydrogen-bond acceptors (Lipinski definition) is 4. The smallest absolute Gasteiger partial charge is 0.243 e. The van der Waals surface area contributed by atoms with Crippen molar-refractivity contribution in [2.24, 2.45) is 5.92 Å². The lowest BCUT2D eigenvalue weighted by Crippen LogP contribution is -2.44. The number of anilines is 1. The van der Waals surface area contributed by atoms with Crippen LogP contribution in [0.4, 0.5) is 5.69 Å². The summed E-state index contributed by atoms with van der Waals surface area (Å²) in [4.78, 5) is 38.8. The summed E-state index contributed by atoms with van der Waals surface area (Å²) in [6.07, 6.45) is 0.192. The van der Waals surface area contributed by atoms with Crippen molar-refractivity contribution in [3.05, 3.63) is 59.7 Å². The fraction of sp³-hybridized carbons (Fsp3) is 0.375. The lowest BCUT2D eigenvalue weighted by atomic mass is 10.1. The van der Waals surface area contributed by atoms with Crippen LogP contribution in [0, 0.1) is 12.8 Å². The van der Waals surface area contributed by atoms with Gasteiger partial charge in [0.1, 0.15) is 5.75 Å². The molecule has 2 rings (SSSR count). The Morgan fingerprint density at radius 3 is 2.19 bits per heavy atom. The zero-order valence-corrected chi connectivity index (χ0v) is 18.6. The molecular weight excluding hydrogens is 394 g/mol. The predicted octanol–water partition coefficient (Wildman–Crippen LogP) is 2.79. The Kier molecular flexibility index (Phi) is 9.06. The van der Waals surface area contributed by atoms with Gasteiger partial charge in [-0.3, -0.25) is 14.4 Å². The maximum atomic E-state index is 12.8. The highest BCUT2D eigenvalue weighted by Gasteiger charge is 2.19. The third-order valence-corrected chi connectivity index (χ3v) is 4.57. The molecule has 0 saturated heterocycles. The number of hydrogen-bond donors (Lipinski definition) is 2. The molecule has 2 aromatic carbocycles. The quantitative estimate of drug-likeness (QED) is 0.613. The molecule has 0 aliphatic rings. The number of nitrogens with one attached hydrogen (secondary N) is 2. The van der Waals surface area contributed by atoms with Crippen LogP contribution in [0.15, 0.2) is 48.5 Å². The number of amides is 3. The average molecular weight is 426 g/mol. The van der Waals surface area contributed by atoms with Crippen LogP contribution in [-0.2, 0) is 20.8 Å². The first-order chi connectivity index (χ1) is 14.8. The standard InChI is InChI=1S/C24H31N3O4/c1-17(2)15-27(24(30)13-19-7-11-21(31-4)12-8-19)16-23(29)25-14-22(28)26-20-9-5-18(3)6-10-20/h5-12,17H,13-16H2,1-4H3,(H,25,29)(H,26,28). The second kappa shape index (κ2) is 11.7. The highest BCUT2D eigenvalue weighted by atomic mass is 16.5. The lowest BCUT2D eigenvalue weighted by molar-refractivity contribution is -0.136. The zero-order valence-electron chi connectivity index (χ0n) is 18.6. The number of rotatable bonds is 10. The Morgan fingerprint density at radius 1 is 0.968 bits per heavy atom. The van der Waals surface area contributed by atoms with E-state index in [1.54, 1.807) is 31.4 Å². The van der Waals surface area contributed by atoms with Crippen molar-refractivity contribution in [1.29, 1.82) is 0 Å². The summed E-state index contributed by atoms with van der Waals surface area (Å²) in [6.45, 7) is 6.14. The average Bonchev–Trinajstić information content (AvgIpc) is 2.73. The van der Waals surface area contributed by atoms with E-state index < -0.39 is 0 Å². The van der Waals surface area contributed by atoms with Gasteiger partial charge in [-0.2, -0.15) is 0 Å². The lowest BCUT2D eigenvalue weighted by Gasteiger charge is -2.24. The fourth-order valence-electron chi connectivity index (χ4n) is 2.98. The SMILES string of the molecule is COc1ccc(CC(=O)N(CC(=O)NCC(=O)Nc2ccc(C)cc2)CC(C)C)cc1.